The van der Waals surface area contributed by atoms with Crippen molar-refractivity contribution in [3.05, 3.63) is 29.6 Å². The van der Waals surface area contributed by atoms with Gasteiger partial charge in [0.05, 0.1) is 18.3 Å². The third-order valence-electron chi connectivity index (χ3n) is 4.76. The highest BCUT2D eigenvalue weighted by Gasteiger charge is 2.31. The number of nitrogens with zero attached hydrogens (tertiary/aromatic N) is 4. The normalized spacial score (nSPS) is 20.6. The van der Waals surface area contributed by atoms with Gasteiger partial charge in [-0.2, -0.15) is 0 Å². The molecule has 0 saturated carbocycles. The molecule has 0 bridgehead atoms. The number of anilines is 1. The second-order valence-corrected chi connectivity index (χ2v) is 6.25. The van der Waals surface area contributed by atoms with Gasteiger partial charge >= 0.3 is 0 Å². The molecule has 2 aromatic heterocycles. The molecule has 0 amide bonds. The van der Waals surface area contributed by atoms with Crippen molar-refractivity contribution in [1.29, 1.82) is 0 Å². The van der Waals surface area contributed by atoms with E-state index in [9.17, 15) is 0 Å². The molecule has 0 radical (unpaired) electrons. The van der Waals surface area contributed by atoms with Gasteiger partial charge in [-0.05, 0) is 45.4 Å². The molecule has 1 atom stereocenters. The van der Waals surface area contributed by atoms with Crippen LogP contribution in [-0.2, 0) is 12.8 Å². The largest absolute Gasteiger partial charge is 0.478 e. The summed E-state index contributed by atoms with van der Waals surface area (Å²) < 4.78 is 5.51. The van der Waals surface area contributed by atoms with E-state index in [1.165, 1.54) is 24.2 Å². The Bertz CT molecular complexity index is 660. The van der Waals surface area contributed by atoms with E-state index in [0.717, 1.165) is 43.9 Å². The fraction of sp³-hybridized carbons (Fsp3) is 0.588. The maximum atomic E-state index is 5.51. The molecular formula is C17H23N5O. The van der Waals surface area contributed by atoms with Crippen LogP contribution in [0.2, 0.25) is 0 Å². The number of aromatic nitrogens is 4. The molecule has 122 valence electrons. The predicted octanol–water partition coefficient (Wildman–Crippen LogP) is 2.82. The van der Waals surface area contributed by atoms with Crippen molar-refractivity contribution < 1.29 is 4.74 Å². The summed E-state index contributed by atoms with van der Waals surface area (Å²) in [6.45, 7) is 3.58. The van der Waals surface area contributed by atoms with E-state index in [1.54, 1.807) is 6.33 Å². The fourth-order valence-electron chi connectivity index (χ4n) is 3.67. The first-order chi connectivity index (χ1) is 11.3. The number of ether oxygens (including phenoxy) is 1. The molecule has 0 spiro atoms. The van der Waals surface area contributed by atoms with E-state index < -0.39 is 0 Å². The molecule has 1 N–H and O–H groups in total. The monoisotopic (exact) mass is 313 g/mol. The molecule has 6 nitrogen and oxygen atoms in total. The van der Waals surface area contributed by atoms with E-state index in [-0.39, 0.29) is 6.04 Å². The Labute approximate surface area is 136 Å². The van der Waals surface area contributed by atoms with Crippen LogP contribution in [0.25, 0.3) is 0 Å². The molecule has 2 aliphatic rings. The third kappa shape index (κ3) is 2.78. The van der Waals surface area contributed by atoms with Crippen molar-refractivity contribution in [2.24, 2.45) is 0 Å². The molecule has 6 heteroatoms. The third-order valence-corrected chi connectivity index (χ3v) is 4.76. The number of hydrogen-bond donors (Lipinski definition) is 1. The number of aryl methyl sites for hydroxylation is 2. The second-order valence-electron chi connectivity index (χ2n) is 6.25. The molecule has 4 rings (SSSR count). The quantitative estimate of drug-likeness (QED) is 0.940. The van der Waals surface area contributed by atoms with Crippen molar-refractivity contribution in [3.63, 3.8) is 0 Å². The summed E-state index contributed by atoms with van der Waals surface area (Å²) in [5.41, 5.74) is 2.62. The topological polar surface area (TPSA) is 66.9 Å². The number of aromatic amines is 1. The zero-order valence-electron chi connectivity index (χ0n) is 13.6. The molecule has 1 unspecified atom stereocenters. The van der Waals surface area contributed by atoms with Crippen molar-refractivity contribution >= 4 is 5.82 Å². The van der Waals surface area contributed by atoms with E-state index in [1.807, 2.05) is 13.0 Å². The lowest BCUT2D eigenvalue weighted by Gasteiger charge is -2.24. The highest BCUT2D eigenvalue weighted by Crippen LogP contribution is 2.35. The van der Waals surface area contributed by atoms with Gasteiger partial charge in [-0.25, -0.2) is 15.0 Å². The average molecular weight is 313 g/mol. The lowest BCUT2D eigenvalue weighted by Crippen LogP contribution is -2.24. The van der Waals surface area contributed by atoms with E-state index >= 15 is 0 Å². The van der Waals surface area contributed by atoms with Crippen LogP contribution >= 0.6 is 0 Å². The smallest absolute Gasteiger partial charge is 0.218 e. The minimum atomic E-state index is 0.282. The maximum absolute atomic E-state index is 5.51. The Morgan fingerprint density at radius 3 is 3.04 bits per heavy atom. The van der Waals surface area contributed by atoms with Gasteiger partial charge in [-0.1, -0.05) is 0 Å². The summed E-state index contributed by atoms with van der Waals surface area (Å²) in [7, 11) is 0. The van der Waals surface area contributed by atoms with Gasteiger partial charge in [-0.3, -0.25) is 0 Å². The van der Waals surface area contributed by atoms with E-state index in [4.69, 9.17) is 9.72 Å². The van der Waals surface area contributed by atoms with Gasteiger partial charge in [0.25, 0.3) is 0 Å². The van der Waals surface area contributed by atoms with Crippen LogP contribution in [-0.4, -0.2) is 33.1 Å². The molecule has 2 aromatic rings. The maximum Gasteiger partial charge on any atom is 0.218 e. The first kappa shape index (κ1) is 14.5. The highest BCUT2D eigenvalue weighted by molar-refractivity contribution is 5.44. The van der Waals surface area contributed by atoms with Crippen LogP contribution in [0, 0.1) is 0 Å². The van der Waals surface area contributed by atoms with Crippen molar-refractivity contribution in [3.8, 4) is 5.88 Å². The Hall–Kier alpha value is -2.11. The number of fused-ring (bicyclic) bond motifs is 1. The average Bonchev–Trinajstić information content (AvgIpc) is 3.22. The summed E-state index contributed by atoms with van der Waals surface area (Å²) >= 11 is 0. The van der Waals surface area contributed by atoms with E-state index in [0.29, 0.717) is 12.5 Å². The molecule has 1 fully saturated rings. The summed E-state index contributed by atoms with van der Waals surface area (Å²) in [5, 5.41) is 0. The van der Waals surface area contributed by atoms with Crippen LogP contribution in [0.4, 0.5) is 5.82 Å². The Morgan fingerprint density at radius 1 is 1.26 bits per heavy atom. The van der Waals surface area contributed by atoms with Crippen molar-refractivity contribution in [2.45, 2.75) is 51.5 Å². The standard InChI is InChI=1S/C17H23N5O/c1-2-23-16-10-15(18-11-19-16)22-9-5-8-14(22)17-20-12-6-3-4-7-13(12)21-17/h10-11,14H,2-9H2,1H3,(H,20,21). The summed E-state index contributed by atoms with van der Waals surface area (Å²) in [4.78, 5) is 19.4. The summed E-state index contributed by atoms with van der Waals surface area (Å²) in [6, 6.07) is 2.22. The number of hydrogen-bond acceptors (Lipinski definition) is 5. The first-order valence-corrected chi connectivity index (χ1v) is 8.64. The SMILES string of the molecule is CCOc1cc(N2CCCC2c2nc3c([nH]2)CCCC3)ncn1. The minimum absolute atomic E-state index is 0.282. The zero-order valence-corrected chi connectivity index (χ0v) is 13.6. The number of nitrogens with one attached hydrogen (secondary N) is 1. The first-order valence-electron chi connectivity index (χ1n) is 8.64. The van der Waals surface area contributed by atoms with Gasteiger partial charge in [-0.15, -0.1) is 0 Å². The number of rotatable bonds is 4. The molecule has 0 aromatic carbocycles. The lowest BCUT2D eigenvalue weighted by atomic mass is 10.0. The van der Waals surface area contributed by atoms with Gasteiger partial charge in [0.1, 0.15) is 18.0 Å². The zero-order chi connectivity index (χ0) is 15.6. The van der Waals surface area contributed by atoms with Gasteiger partial charge in [0, 0.05) is 18.3 Å². The van der Waals surface area contributed by atoms with Gasteiger partial charge in [0.2, 0.25) is 5.88 Å². The predicted molar refractivity (Wildman–Crippen MR) is 87.8 cm³/mol. The molecule has 1 aliphatic heterocycles. The van der Waals surface area contributed by atoms with Gasteiger partial charge in [0.15, 0.2) is 0 Å². The summed E-state index contributed by atoms with van der Waals surface area (Å²) in [5.74, 6) is 2.67. The Balaban J connectivity index is 1.61. The van der Waals surface area contributed by atoms with Crippen LogP contribution < -0.4 is 9.64 Å². The number of H-pyrrole nitrogens is 1. The van der Waals surface area contributed by atoms with E-state index in [2.05, 4.69) is 19.9 Å². The lowest BCUT2D eigenvalue weighted by molar-refractivity contribution is 0.326. The van der Waals surface area contributed by atoms with Crippen LogP contribution in [0.15, 0.2) is 12.4 Å². The van der Waals surface area contributed by atoms with Crippen LogP contribution in [0.5, 0.6) is 5.88 Å². The highest BCUT2D eigenvalue weighted by atomic mass is 16.5. The fourth-order valence-corrected chi connectivity index (χ4v) is 3.67. The summed E-state index contributed by atoms with van der Waals surface area (Å²) in [6.07, 6.45) is 8.63. The minimum Gasteiger partial charge on any atom is -0.478 e. The van der Waals surface area contributed by atoms with Crippen molar-refractivity contribution in [1.82, 2.24) is 19.9 Å². The van der Waals surface area contributed by atoms with Crippen LogP contribution in [0.3, 0.4) is 0 Å². The Morgan fingerprint density at radius 2 is 2.17 bits per heavy atom. The Kier molecular flexibility index (Phi) is 3.89. The number of imidazole rings is 1. The molecule has 1 aliphatic carbocycles. The second kappa shape index (κ2) is 6.18. The molecule has 3 heterocycles. The van der Waals surface area contributed by atoms with Gasteiger partial charge < -0.3 is 14.6 Å². The molecule has 1 saturated heterocycles. The van der Waals surface area contributed by atoms with Crippen LogP contribution in [0.1, 0.15) is 55.9 Å². The van der Waals surface area contributed by atoms with Crippen molar-refractivity contribution in [2.75, 3.05) is 18.1 Å². The molecule has 23 heavy (non-hydrogen) atoms. The molecular weight excluding hydrogens is 290 g/mol.